The van der Waals surface area contributed by atoms with E-state index in [2.05, 4.69) is 20.5 Å². The van der Waals surface area contributed by atoms with E-state index in [4.69, 9.17) is 0 Å². The normalized spacial score (nSPS) is 12.8. The highest BCUT2D eigenvalue weighted by atomic mass is 32.2. The molecule has 0 amide bonds. The van der Waals surface area contributed by atoms with E-state index in [1.165, 1.54) is 10.7 Å². The van der Waals surface area contributed by atoms with Gasteiger partial charge in [-0.2, -0.15) is 5.10 Å². The van der Waals surface area contributed by atoms with Crippen LogP contribution in [0.15, 0.2) is 17.2 Å². The predicted octanol–water partition coefficient (Wildman–Crippen LogP) is -0.792. The van der Waals surface area contributed by atoms with Gasteiger partial charge in [0.25, 0.3) is 0 Å². The summed E-state index contributed by atoms with van der Waals surface area (Å²) in [7, 11) is -0.830. The third-order valence-corrected chi connectivity index (χ3v) is 2.78. The number of aromatic amines is 1. The summed E-state index contributed by atoms with van der Waals surface area (Å²) in [6.07, 6.45) is 3.04. The van der Waals surface area contributed by atoms with Gasteiger partial charge in [0.15, 0.2) is 5.65 Å². The first-order chi connectivity index (χ1) is 7.66. The standard InChI is InChI=1S/C8H11N5O2S/c1-16(15)3-2-9-6-4-7-11-12-8(14)13(7)5-10-6/h4-5,9H,2-3H2,1H3,(H,12,14). The maximum Gasteiger partial charge on any atom is 0.348 e. The van der Waals surface area contributed by atoms with Crippen LogP contribution in [-0.4, -0.2) is 42.3 Å². The van der Waals surface area contributed by atoms with Crippen LogP contribution in [0.4, 0.5) is 5.82 Å². The first kappa shape index (κ1) is 10.8. The number of nitrogens with one attached hydrogen (secondary N) is 2. The maximum absolute atomic E-state index is 11.1. The number of hydrogen-bond acceptors (Lipinski definition) is 5. The molecule has 0 aromatic carbocycles. The molecule has 0 aliphatic heterocycles. The van der Waals surface area contributed by atoms with Crippen LogP contribution in [0, 0.1) is 0 Å². The van der Waals surface area contributed by atoms with Crippen molar-refractivity contribution >= 4 is 22.3 Å². The highest BCUT2D eigenvalue weighted by Gasteiger charge is 2.01. The van der Waals surface area contributed by atoms with Gasteiger partial charge < -0.3 is 5.32 Å². The highest BCUT2D eigenvalue weighted by Crippen LogP contribution is 2.03. The van der Waals surface area contributed by atoms with E-state index in [9.17, 15) is 9.00 Å². The minimum absolute atomic E-state index is 0.316. The number of rotatable bonds is 4. The van der Waals surface area contributed by atoms with Gasteiger partial charge in [0.2, 0.25) is 0 Å². The van der Waals surface area contributed by atoms with Crippen molar-refractivity contribution in [2.75, 3.05) is 23.9 Å². The van der Waals surface area contributed by atoms with E-state index in [1.807, 2.05) is 0 Å². The summed E-state index contributed by atoms with van der Waals surface area (Å²) in [5.41, 5.74) is 0.184. The summed E-state index contributed by atoms with van der Waals surface area (Å²) in [6.45, 7) is 0.570. The van der Waals surface area contributed by atoms with Gasteiger partial charge in [0, 0.05) is 35.4 Å². The van der Waals surface area contributed by atoms with E-state index in [0.717, 1.165) is 0 Å². The minimum atomic E-state index is -0.830. The molecule has 16 heavy (non-hydrogen) atoms. The van der Waals surface area contributed by atoms with Gasteiger partial charge in [-0.05, 0) is 0 Å². The molecule has 0 aliphatic rings. The van der Waals surface area contributed by atoms with Crippen LogP contribution in [0.3, 0.4) is 0 Å². The molecule has 2 aromatic rings. The number of aromatic nitrogens is 4. The second-order valence-corrected chi connectivity index (χ2v) is 4.79. The Morgan fingerprint density at radius 2 is 2.44 bits per heavy atom. The monoisotopic (exact) mass is 241 g/mol. The molecule has 7 nitrogen and oxygen atoms in total. The molecule has 86 valence electrons. The number of hydrogen-bond donors (Lipinski definition) is 2. The fourth-order valence-corrected chi connectivity index (χ4v) is 1.62. The van der Waals surface area contributed by atoms with Gasteiger partial charge in [-0.15, -0.1) is 0 Å². The van der Waals surface area contributed by atoms with Crippen LogP contribution in [-0.2, 0) is 10.8 Å². The molecule has 0 bridgehead atoms. The van der Waals surface area contributed by atoms with Crippen LogP contribution in [0.2, 0.25) is 0 Å². The molecule has 1 atom stereocenters. The number of nitrogens with zero attached hydrogens (tertiary/aromatic N) is 3. The third kappa shape index (κ3) is 2.27. The van der Waals surface area contributed by atoms with Gasteiger partial charge in [-0.1, -0.05) is 0 Å². The number of H-pyrrole nitrogens is 1. The predicted molar refractivity (Wildman–Crippen MR) is 61.0 cm³/mol. The Hall–Kier alpha value is -1.70. The van der Waals surface area contributed by atoms with Gasteiger partial charge in [0.05, 0.1) is 0 Å². The molecular weight excluding hydrogens is 230 g/mol. The molecule has 1 unspecified atom stereocenters. The van der Waals surface area contributed by atoms with Crippen LogP contribution < -0.4 is 11.0 Å². The quantitative estimate of drug-likeness (QED) is 0.731. The second kappa shape index (κ2) is 4.44. The summed E-state index contributed by atoms with van der Waals surface area (Å²) in [6, 6.07) is 1.65. The number of anilines is 1. The summed E-state index contributed by atoms with van der Waals surface area (Å²) in [4.78, 5) is 15.2. The molecule has 2 rings (SSSR count). The van der Waals surface area contributed by atoms with E-state index >= 15 is 0 Å². The van der Waals surface area contributed by atoms with Gasteiger partial charge in [-0.25, -0.2) is 19.3 Å². The average molecular weight is 241 g/mol. The lowest BCUT2D eigenvalue weighted by atomic mass is 10.5. The fourth-order valence-electron chi connectivity index (χ4n) is 1.23. The topological polar surface area (TPSA) is 92.1 Å². The molecule has 0 aliphatic carbocycles. The fraction of sp³-hybridized carbons (Fsp3) is 0.375. The van der Waals surface area contributed by atoms with Gasteiger partial charge >= 0.3 is 5.69 Å². The van der Waals surface area contributed by atoms with Crippen LogP contribution in [0.25, 0.3) is 5.65 Å². The molecule has 2 heterocycles. The van der Waals surface area contributed by atoms with Crippen molar-refractivity contribution in [2.24, 2.45) is 0 Å². The van der Waals surface area contributed by atoms with Crippen molar-refractivity contribution in [3.8, 4) is 0 Å². The first-order valence-corrected chi connectivity index (χ1v) is 6.36. The molecule has 2 aromatic heterocycles. The van der Waals surface area contributed by atoms with Crippen molar-refractivity contribution in [1.82, 2.24) is 19.6 Å². The Morgan fingerprint density at radius 3 is 3.19 bits per heavy atom. The Balaban J connectivity index is 2.14. The van der Waals surface area contributed by atoms with Crippen molar-refractivity contribution in [3.63, 3.8) is 0 Å². The molecular formula is C8H11N5O2S. The van der Waals surface area contributed by atoms with Crippen molar-refractivity contribution in [1.29, 1.82) is 0 Å². The Kier molecular flexibility index (Phi) is 3.00. The smallest absolute Gasteiger partial charge is 0.348 e. The Bertz CT molecular complexity index is 575. The summed E-state index contributed by atoms with van der Waals surface area (Å²) in [5.74, 6) is 1.16. The summed E-state index contributed by atoms with van der Waals surface area (Å²) < 4.78 is 12.1. The molecule has 2 N–H and O–H groups in total. The lowest BCUT2D eigenvalue weighted by Gasteiger charge is -2.03. The number of fused-ring (bicyclic) bond motifs is 1. The first-order valence-electron chi connectivity index (χ1n) is 4.63. The second-order valence-electron chi connectivity index (χ2n) is 3.24. The average Bonchev–Trinajstić information content (AvgIpc) is 2.60. The summed E-state index contributed by atoms with van der Waals surface area (Å²) in [5, 5.41) is 9.13. The van der Waals surface area contributed by atoms with Crippen LogP contribution in [0.1, 0.15) is 0 Å². The minimum Gasteiger partial charge on any atom is -0.369 e. The molecule has 0 saturated carbocycles. The van der Waals surface area contributed by atoms with E-state index in [1.54, 1.807) is 12.3 Å². The van der Waals surface area contributed by atoms with Crippen LogP contribution in [0.5, 0.6) is 0 Å². The van der Waals surface area contributed by atoms with Gasteiger partial charge in [-0.3, -0.25) is 4.21 Å². The zero-order valence-electron chi connectivity index (χ0n) is 8.64. The van der Waals surface area contributed by atoms with Crippen LogP contribution >= 0.6 is 0 Å². The van der Waals surface area contributed by atoms with E-state index in [0.29, 0.717) is 23.8 Å². The third-order valence-electron chi connectivity index (χ3n) is 2.01. The largest absolute Gasteiger partial charge is 0.369 e. The van der Waals surface area contributed by atoms with Crippen molar-refractivity contribution < 1.29 is 4.21 Å². The Labute approximate surface area is 93.4 Å². The Morgan fingerprint density at radius 1 is 1.62 bits per heavy atom. The van der Waals surface area contributed by atoms with E-state index < -0.39 is 10.8 Å². The van der Waals surface area contributed by atoms with Crippen molar-refractivity contribution in [3.05, 3.63) is 22.9 Å². The zero-order chi connectivity index (χ0) is 11.5. The SMILES string of the molecule is CS(=O)CCNc1cc2n[nH]c(=O)n2cn1. The zero-order valence-corrected chi connectivity index (χ0v) is 9.45. The lowest BCUT2D eigenvalue weighted by Crippen LogP contribution is -2.13. The van der Waals surface area contributed by atoms with Crippen molar-refractivity contribution in [2.45, 2.75) is 0 Å². The molecule has 8 heteroatoms. The molecule has 0 fully saturated rings. The molecule has 0 saturated heterocycles. The molecule has 0 spiro atoms. The maximum atomic E-state index is 11.1. The lowest BCUT2D eigenvalue weighted by molar-refractivity contribution is 0.687. The van der Waals surface area contributed by atoms with Gasteiger partial charge in [0.1, 0.15) is 12.1 Å². The van der Waals surface area contributed by atoms with E-state index in [-0.39, 0.29) is 5.69 Å². The summed E-state index contributed by atoms with van der Waals surface area (Å²) >= 11 is 0. The highest BCUT2D eigenvalue weighted by molar-refractivity contribution is 7.84. The molecule has 0 radical (unpaired) electrons.